The van der Waals surface area contributed by atoms with Crippen molar-refractivity contribution in [3.8, 4) is 22.4 Å². The summed E-state index contributed by atoms with van der Waals surface area (Å²) < 4.78 is 16.5. The second-order valence-corrected chi connectivity index (χ2v) is 6.85. The summed E-state index contributed by atoms with van der Waals surface area (Å²) in [5, 5.41) is 0.356. The molecule has 0 aliphatic heterocycles. The van der Waals surface area contributed by atoms with Gasteiger partial charge in [-0.3, -0.25) is 4.79 Å². The fourth-order valence-electron chi connectivity index (χ4n) is 3.27. The number of imidazole rings is 1. The zero-order valence-corrected chi connectivity index (χ0v) is 15.6. The van der Waals surface area contributed by atoms with Crippen molar-refractivity contribution in [2.45, 2.75) is 13.8 Å². The van der Waals surface area contributed by atoms with Crippen LogP contribution in [0.25, 0.3) is 28.0 Å². The zero-order valence-electron chi connectivity index (χ0n) is 14.8. The third kappa shape index (κ3) is 3.02. The highest BCUT2D eigenvalue weighted by Gasteiger charge is 2.17. The Bertz CT molecular complexity index is 1200. The highest BCUT2D eigenvalue weighted by Crippen LogP contribution is 2.35. The fraction of sp³-hybridized carbons (Fsp3) is 0.0909. The van der Waals surface area contributed by atoms with Crippen molar-refractivity contribution in [3.05, 3.63) is 82.9 Å². The van der Waals surface area contributed by atoms with Gasteiger partial charge in [-0.15, -0.1) is 0 Å². The number of hydrogen-bond donors (Lipinski definition) is 0. The summed E-state index contributed by atoms with van der Waals surface area (Å²) in [4.78, 5) is 16.4. The molecule has 5 heteroatoms. The van der Waals surface area contributed by atoms with E-state index >= 15 is 0 Å². The SMILES string of the molecule is CC(=O)c1ccn2c(C)c(-c3ccccc3-c3ccc(Cl)cc3F)nc2c1. The summed E-state index contributed by atoms with van der Waals surface area (Å²) in [6, 6.07) is 15.8. The molecule has 0 aliphatic carbocycles. The summed E-state index contributed by atoms with van der Waals surface area (Å²) >= 11 is 5.90. The number of rotatable bonds is 3. The van der Waals surface area contributed by atoms with Crippen LogP contribution in [0.2, 0.25) is 5.02 Å². The number of pyridine rings is 1. The molecule has 134 valence electrons. The molecule has 0 saturated heterocycles. The number of nitrogens with zero attached hydrogens (tertiary/aromatic N) is 2. The van der Waals surface area contributed by atoms with Crippen LogP contribution in [-0.4, -0.2) is 15.2 Å². The van der Waals surface area contributed by atoms with Crippen LogP contribution in [0.15, 0.2) is 60.8 Å². The van der Waals surface area contributed by atoms with Crippen molar-refractivity contribution in [3.63, 3.8) is 0 Å². The van der Waals surface area contributed by atoms with Gasteiger partial charge in [0.1, 0.15) is 11.5 Å². The molecule has 0 spiro atoms. The Morgan fingerprint density at radius 2 is 1.78 bits per heavy atom. The van der Waals surface area contributed by atoms with Crippen molar-refractivity contribution in [1.82, 2.24) is 9.38 Å². The molecule has 2 aromatic heterocycles. The Kier molecular flexibility index (Phi) is 4.28. The summed E-state index contributed by atoms with van der Waals surface area (Å²) in [7, 11) is 0. The van der Waals surface area contributed by atoms with Gasteiger partial charge in [0.2, 0.25) is 0 Å². The van der Waals surface area contributed by atoms with Gasteiger partial charge in [0.05, 0.1) is 5.69 Å². The Hall–Kier alpha value is -2.98. The molecule has 0 bridgehead atoms. The molecule has 0 fully saturated rings. The average molecular weight is 379 g/mol. The number of carbonyl (C=O) groups excluding carboxylic acids is 1. The maximum absolute atomic E-state index is 14.5. The molecule has 27 heavy (non-hydrogen) atoms. The molecule has 2 heterocycles. The van der Waals surface area contributed by atoms with E-state index in [1.165, 1.54) is 13.0 Å². The number of aromatic nitrogens is 2. The van der Waals surface area contributed by atoms with Crippen LogP contribution in [0.4, 0.5) is 4.39 Å². The molecule has 0 aliphatic rings. The summed E-state index contributed by atoms with van der Waals surface area (Å²) in [5.74, 6) is -0.390. The lowest BCUT2D eigenvalue weighted by atomic mass is 9.96. The molecule has 0 amide bonds. The molecule has 4 aromatic rings. The monoisotopic (exact) mass is 378 g/mol. The first-order valence-electron chi connectivity index (χ1n) is 8.50. The summed E-state index contributed by atoms with van der Waals surface area (Å²) in [6.45, 7) is 3.49. The second-order valence-electron chi connectivity index (χ2n) is 6.42. The van der Waals surface area contributed by atoms with Crippen LogP contribution >= 0.6 is 11.6 Å². The molecule has 0 N–H and O–H groups in total. The van der Waals surface area contributed by atoms with Crippen molar-refractivity contribution >= 4 is 23.0 Å². The lowest BCUT2D eigenvalue weighted by Crippen LogP contribution is -1.95. The number of carbonyl (C=O) groups is 1. The first-order chi connectivity index (χ1) is 13.0. The quantitative estimate of drug-likeness (QED) is 0.411. The van der Waals surface area contributed by atoms with Crippen molar-refractivity contribution in [1.29, 1.82) is 0 Å². The normalized spacial score (nSPS) is 11.1. The van der Waals surface area contributed by atoms with Gasteiger partial charge in [-0.25, -0.2) is 9.37 Å². The van der Waals surface area contributed by atoms with Crippen molar-refractivity contribution in [2.75, 3.05) is 0 Å². The maximum Gasteiger partial charge on any atom is 0.159 e. The van der Waals surface area contributed by atoms with Crippen molar-refractivity contribution in [2.24, 2.45) is 0 Å². The van der Waals surface area contributed by atoms with E-state index in [1.807, 2.05) is 41.8 Å². The van der Waals surface area contributed by atoms with E-state index in [4.69, 9.17) is 16.6 Å². The Balaban J connectivity index is 1.94. The Morgan fingerprint density at radius 3 is 2.48 bits per heavy atom. The number of benzene rings is 2. The van der Waals surface area contributed by atoms with Crippen LogP contribution in [0, 0.1) is 12.7 Å². The number of ketones is 1. The third-order valence-corrected chi connectivity index (χ3v) is 4.91. The average Bonchev–Trinajstić information content (AvgIpc) is 2.98. The highest BCUT2D eigenvalue weighted by atomic mass is 35.5. The minimum absolute atomic E-state index is 0.0108. The van der Waals surface area contributed by atoms with Crippen molar-refractivity contribution < 1.29 is 9.18 Å². The minimum Gasteiger partial charge on any atom is -0.304 e. The molecular formula is C22H16ClFN2O. The molecule has 0 radical (unpaired) electrons. The molecule has 2 aromatic carbocycles. The third-order valence-electron chi connectivity index (χ3n) is 4.68. The first kappa shape index (κ1) is 17.4. The molecule has 0 saturated carbocycles. The lowest BCUT2D eigenvalue weighted by Gasteiger charge is -2.10. The van der Waals surface area contributed by atoms with Gasteiger partial charge in [0.25, 0.3) is 0 Å². The van der Waals surface area contributed by atoms with E-state index in [2.05, 4.69) is 0 Å². The number of fused-ring (bicyclic) bond motifs is 1. The van der Waals surface area contributed by atoms with Gasteiger partial charge < -0.3 is 4.40 Å². The Morgan fingerprint density at radius 1 is 1.04 bits per heavy atom. The van der Waals surface area contributed by atoms with Gasteiger partial charge in [-0.2, -0.15) is 0 Å². The topological polar surface area (TPSA) is 34.4 Å². The number of hydrogen-bond acceptors (Lipinski definition) is 2. The predicted octanol–water partition coefficient (Wildman–Crippen LogP) is 5.97. The van der Waals surface area contributed by atoms with Gasteiger partial charge in [0, 0.05) is 33.6 Å². The van der Waals surface area contributed by atoms with Gasteiger partial charge in [0.15, 0.2) is 5.78 Å². The fourth-order valence-corrected chi connectivity index (χ4v) is 3.43. The number of halogens is 2. The summed E-state index contributed by atoms with van der Waals surface area (Å²) in [5.41, 5.74) is 4.99. The maximum atomic E-state index is 14.5. The van der Waals surface area contributed by atoms with Crippen LogP contribution < -0.4 is 0 Å². The second kappa shape index (κ2) is 6.63. The van der Waals surface area contributed by atoms with E-state index < -0.39 is 0 Å². The van der Waals surface area contributed by atoms with E-state index in [1.54, 1.807) is 24.3 Å². The molecule has 0 unspecified atom stereocenters. The molecular weight excluding hydrogens is 363 g/mol. The zero-order chi connectivity index (χ0) is 19.1. The Labute approximate surface area is 161 Å². The predicted molar refractivity (Wildman–Crippen MR) is 106 cm³/mol. The smallest absolute Gasteiger partial charge is 0.159 e. The number of aryl methyl sites for hydroxylation is 1. The number of Topliss-reactive ketones (excluding diaryl/α,β-unsaturated/α-hetero) is 1. The van der Waals surface area contributed by atoms with E-state index in [0.29, 0.717) is 21.8 Å². The van der Waals surface area contributed by atoms with Gasteiger partial charge in [-0.05, 0) is 49.7 Å². The molecule has 0 atom stereocenters. The minimum atomic E-state index is -0.379. The van der Waals surface area contributed by atoms with Crippen LogP contribution in [-0.2, 0) is 0 Å². The molecule has 3 nitrogen and oxygen atoms in total. The highest BCUT2D eigenvalue weighted by molar-refractivity contribution is 6.30. The van der Waals surface area contributed by atoms with Crippen LogP contribution in [0.1, 0.15) is 23.0 Å². The van der Waals surface area contributed by atoms with Gasteiger partial charge in [-0.1, -0.05) is 35.9 Å². The van der Waals surface area contributed by atoms with Gasteiger partial charge >= 0.3 is 0 Å². The summed E-state index contributed by atoms with van der Waals surface area (Å²) in [6.07, 6.45) is 1.84. The first-order valence-corrected chi connectivity index (χ1v) is 8.88. The largest absolute Gasteiger partial charge is 0.304 e. The van der Waals surface area contributed by atoms with E-state index in [9.17, 15) is 9.18 Å². The van der Waals surface area contributed by atoms with Crippen LogP contribution in [0.5, 0.6) is 0 Å². The van der Waals surface area contributed by atoms with E-state index in [-0.39, 0.29) is 11.6 Å². The van der Waals surface area contributed by atoms with Crippen LogP contribution in [0.3, 0.4) is 0 Å². The van der Waals surface area contributed by atoms with E-state index in [0.717, 1.165) is 22.5 Å². The lowest BCUT2D eigenvalue weighted by molar-refractivity contribution is 0.101. The standard InChI is InChI=1S/C22H16ClFN2O/c1-13-22(25-21-11-15(14(2)27)9-10-26(13)21)19-6-4-3-5-17(19)18-8-7-16(23)12-20(18)24/h3-12H,1-2H3. The molecule has 4 rings (SSSR count).